The van der Waals surface area contributed by atoms with Gasteiger partial charge in [-0.3, -0.25) is 4.99 Å². The fraction of sp³-hybridized carbons (Fsp3) is 0.0714. The average molecular weight is 308 g/mol. The third-order valence-corrected chi connectivity index (χ3v) is 2.61. The summed E-state index contributed by atoms with van der Waals surface area (Å²) in [6.45, 7) is 0. The minimum absolute atomic E-state index is 0. The maximum Gasteiger partial charge on any atom is 0.151 e. The van der Waals surface area contributed by atoms with Crippen LogP contribution in [0.2, 0.25) is 0 Å². The molecule has 0 atom stereocenters. The fourth-order valence-corrected chi connectivity index (χ4v) is 1.86. The van der Waals surface area contributed by atoms with Gasteiger partial charge in [-0.1, -0.05) is 60.7 Å². The predicted octanol–water partition coefficient (Wildman–Crippen LogP) is 3.02. The van der Waals surface area contributed by atoms with Crippen LogP contribution in [0.1, 0.15) is 17.2 Å². The Hall–Kier alpha value is -1.12. The van der Waals surface area contributed by atoms with Gasteiger partial charge in [0.2, 0.25) is 0 Å². The van der Waals surface area contributed by atoms with Gasteiger partial charge in [-0.15, -0.1) is 12.6 Å². The van der Waals surface area contributed by atoms with E-state index >= 15 is 0 Å². The van der Waals surface area contributed by atoms with Gasteiger partial charge in [0, 0.05) is 19.5 Å². The Balaban J connectivity index is 0.00000162. The smallest absolute Gasteiger partial charge is 0.151 e. The number of rotatable bonds is 3. The summed E-state index contributed by atoms with van der Waals surface area (Å²) < 4.78 is 0. The fourth-order valence-electron chi connectivity index (χ4n) is 1.74. The first-order chi connectivity index (χ1) is 8.27. The van der Waals surface area contributed by atoms with Crippen LogP contribution in [0.5, 0.6) is 0 Å². The largest absolute Gasteiger partial charge is 0.379 e. The second kappa shape index (κ2) is 7.35. The van der Waals surface area contributed by atoms with E-state index in [4.69, 9.17) is 5.73 Å². The van der Waals surface area contributed by atoms with Gasteiger partial charge < -0.3 is 5.73 Å². The van der Waals surface area contributed by atoms with Crippen molar-refractivity contribution < 1.29 is 19.5 Å². The standard InChI is InChI=1S/C14H14N2S.Zn/c15-14(17)16-13(11-7-3-1-4-8-11)12-9-5-2-6-10-12;/h1-10,13H,(H3,15,16,17);. The Kier molecular flexibility index (Phi) is 6.10. The molecular weight excluding hydrogens is 294 g/mol. The Labute approximate surface area is 125 Å². The van der Waals surface area contributed by atoms with E-state index in [1.807, 2.05) is 60.7 Å². The van der Waals surface area contributed by atoms with Crippen molar-refractivity contribution in [1.29, 1.82) is 0 Å². The van der Waals surface area contributed by atoms with Crippen LogP contribution in [0.15, 0.2) is 65.7 Å². The van der Waals surface area contributed by atoms with Gasteiger partial charge in [-0.25, -0.2) is 0 Å². The van der Waals surface area contributed by atoms with E-state index in [0.717, 1.165) is 11.1 Å². The molecule has 0 aliphatic rings. The first-order valence-corrected chi connectivity index (χ1v) is 5.84. The molecule has 18 heavy (non-hydrogen) atoms. The van der Waals surface area contributed by atoms with E-state index in [1.165, 1.54) is 0 Å². The van der Waals surface area contributed by atoms with Gasteiger partial charge in [0.05, 0.1) is 0 Å². The van der Waals surface area contributed by atoms with E-state index in [2.05, 4.69) is 17.6 Å². The topological polar surface area (TPSA) is 38.4 Å². The number of amidine groups is 1. The van der Waals surface area contributed by atoms with E-state index in [1.54, 1.807) is 0 Å². The maximum atomic E-state index is 5.58. The number of hydrogen-bond acceptors (Lipinski definition) is 1. The second-order valence-corrected chi connectivity index (χ2v) is 4.17. The molecule has 2 N–H and O–H groups in total. The Morgan fingerprint density at radius 3 is 1.61 bits per heavy atom. The van der Waals surface area contributed by atoms with Crippen molar-refractivity contribution in [2.45, 2.75) is 6.04 Å². The molecule has 0 aromatic heterocycles. The molecule has 2 nitrogen and oxygen atoms in total. The van der Waals surface area contributed by atoms with Crippen molar-refractivity contribution in [2.24, 2.45) is 10.7 Å². The molecule has 2 rings (SSSR count). The molecule has 0 saturated carbocycles. The zero-order chi connectivity index (χ0) is 12.1. The van der Waals surface area contributed by atoms with Gasteiger partial charge in [-0.05, 0) is 11.1 Å². The van der Waals surface area contributed by atoms with Crippen LogP contribution >= 0.6 is 12.6 Å². The quantitative estimate of drug-likeness (QED) is 0.389. The summed E-state index contributed by atoms with van der Waals surface area (Å²) in [6.07, 6.45) is 0. The molecule has 0 fully saturated rings. The molecule has 2 aromatic rings. The van der Waals surface area contributed by atoms with Crippen LogP contribution in [-0.4, -0.2) is 5.17 Å². The normalized spacial score (nSPS) is 11.1. The number of nitrogens with zero attached hydrogens (tertiary/aromatic N) is 1. The van der Waals surface area contributed by atoms with Crippen LogP contribution in [0, 0.1) is 0 Å². The van der Waals surface area contributed by atoms with Crippen molar-refractivity contribution in [1.82, 2.24) is 0 Å². The SMILES string of the molecule is NC(S)=NC(c1ccccc1)c1ccccc1.[Zn]. The molecule has 4 heteroatoms. The van der Waals surface area contributed by atoms with E-state index in [0.29, 0.717) is 5.17 Å². The molecule has 0 saturated heterocycles. The number of benzene rings is 2. The molecule has 0 bridgehead atoms. The van der Waals surface area contributed by atoms with Crippen LogP contribution < -0.4 is 5.73 Å². The molecule has 0 heterocycles. The summed E-state index contributed by atoms with van der Waals surface area (Å²) in [5.74, 6) is 0. The summed E-state index contributed by atoms with van der Waals surface area (Å²) in [7, 11) is 0. The van der Waals surface area contributed by atoms with Crippen LogP contribution in [0.3, 0.4) is 0 Å². The summed E-state index contributed by atoms with van der Waals surface area (Å²) in [4.78, 5) is 4.38. The summed E-state index contributed by atoms with van der Waals surface area (Å²) in [6, 6.07) is 20.0. The number of aliphatic imine (C=N–C) groups is 1. The Morgan fingerprint density at radius 2 is 1.28 bits per heavy atom. The molecular formula is C14H14N2SZn. The maximum absolute atomic E-state index is 5.58. The average Bonchev–Trinajstić information content (AvgIpc) is 2.38. The summed E-state index contributed by atoms with van der Waals surface area (Å²) in [5.41, 5.74) is 7.80. The number of hydrogen-bond donors (Lipinski definition) is 2. The molecule has 0 aliphatic carbocycles. The number of nitrogens with two attached hydrogens (primary N) is 1. The molecule has 0 amide bonds. The molecule has 0 aliphatic heterocycles. The predicted molar refractivity (Wildman–Crippen MR) is 75.3 cm³/mol. The van der Waals surface area contributed by atoms with E-state index < -0.39 is 0 Å². The monoisotopic (exact) mass is 306 g/mol. The van der Waals surface area contributed by atoms with Crippen LogP contribution in [0.4, 0.5) is 0 Å². The first kappa shape index (κ1) is 14.9. The zero-order valence-corrected chi connectivity index (χ0v) is 13.9. The van der Waals surface area contributed by atoms with Gasteiger partial charge in [0.1, 0.15) is 6.04 Å². The van der Waals surface area contributed by atoms with Crippen molar-refractivity contribution in [3.8, 4) is 0 Å². The van der Waals surface area contributed by atoms with E-state index in [-0.39, 0.29) is 25.5 Å². The van der Waals surface area contributed by atoms with Crippen molar-refractivity contribution in [3.05, 3.63) is 71.8 Å². The molecule has 2 aromatic carbocycles. The molecule has 0 spiro atoms. The van der Waals surface area contributed by atoms with E-state index in [9.17, 15) is 0 Å². The first-order valence-electron chi connectivity index (χ1n) is 5.39. The molecule has 88 valence electrons. The zero-order valence-electron chi connectivity index (χ0n) is 10.0. The molecule has 0 radical (unpaired) electrons. The van der Waals surface area contributed by atoms with Crippen molar-refractivity contribution >= 4 is 17.8 Å². The summed E-state index contributed by atoms with van der Waals surface area (Å²) in [5, 5.41) is 0.294. The third kappa shape index (κ3) is 3.97. The van der Waals surface area contributed by atoms with Crippen LogP contribution in [0.25, 0.3) is 0 Å². The second-order valence-electron chi connectivity index (χ2n) is 3.71. The van der Waals surface area contributed by atoms with Gasteiger partial charge in [0.25, 0.3) is 0 Å². The minimum atomic E-state index is -0.0881. The Morgan fingerprint density at radius 1 is 0.889 bits per heavy atom. The van der Waals surface area contributed by atoms with Gasteiger partial charge in [-0.2, -0.15) is 0 Å². The molecule has 0 unspecified atom stereocenters. The third-order valence-electron chi connectivity index (χ3n) is 2.49. The Bertz CT molecular complexity index is 456. The summed E-state index contributed by atoms with van der Waals surface area (Å²) >= 11 is 4.07. The van der Waals surface area contributed by atoms with Crippen LogP contribution in [-0.2, 0) is 19.5 Å². The van der Waals surface area contributed by atoms with Gasteiger partial charge in [0.15, 0.2) is 5.17 Å². The minimum Gasteiger partial charge on any atom is -0.379 e. The van der Waals surface area contributed by atoms with Crippen molar-refractivity contribution in [2.75, 3.05) is 0 Å². The van der Waals surface area contributed by atoms with Gasteiger partial charge >= 0.3 is 0 Å². The van der Waals surface area contributed by atoms with Crippen molar-refractivity contribution in [3.63, 3.8) is 0 Å². The number of thiol groups is 1.